The first-order valence-corrected chi connectivity index (χ1v) is 10.8. The highest BCUT2D eigenvalue weighted by molar-refractivity contribution is 9.10. The zero-order valence-electron chi connectivity index (χ0n) is 16.0. The van der Waals surface area contributed by atoms with Crippen LogP contribution in [-0.2, 0) is 19.1 Å². The van der Waals surface area contributed by atoms with Gasteiger partial charge >= 0.3 is 18.0 Å². The van der Waals surface area contributed by atoms with Crippen LogP contribution in [0.4, 0.5) is 4.79 Å². The highest BCUT2D eigenvalue weighted by Crippen LogP contribution is 2.30. The summed E-state index contributed by atoms with van der Waals surface area (Å²) in [5.41, 5.74) is 1.23. The van der Waals surface area contributed by atoms with Crippen LogP contribution in [0.2, 0.25) is 0 Å². The van der Waals surface area contributed by atoms with Gasteiger partial charge in [0.1, 0.15) is 6.61 Å². The zero-order chi connectivity index (χ0) is 21.5. The van der Waals surface area contributed by atoms with Gasteiger partial charge in [0.15, 0.2) is 0 Å². The number of carbonyl (C=O) groups is 3. The quantitative estimate of drug-likeness (QED) is 0.452. The van der Waals surface area contributed by atoms with Crippen molar-refractivity contribution in [2.24, 2.45) is 0 Å². The molecule has 0 saturated carbocycles. The van der Waals surface area contributed by atoms with Gasteiger partial charge in [-0.15, -0.1) is 11.3 Å². The van der Waals surface area contributed by atoms with Crippen LogP contribution in [0.15, 0.2) is 63.6 Å². The molecule has 0 aliphatic carbocycles. The molecule has 0 radical (unpaired) electrons. The van der Waals surface area contributed by atoms with Gasteiger partial charge in [0.05, 0.1) is 23.9 Å². The summed E-state index contributed by atoms with van der Waals surface area (Å²) in [6.07, 6.45) is 2.90. The van der Waals surface area contributed by atoms with Gasteiger partial charge in [-0.05, 0) is 42.1 Å². The summed E-state index contributed by atoms with van der Waals surface area (Å²) in [6, 6.07) is 9.89. The number of urea groups is 1. The van der Waals surface area contributed by atoms with Gasteiger partial charge in [-0.25, -0.2) is 14.4 Å². The van der Waals surface area contributed by atoms with Crippen molar-refractivity contribution in [2.75, 3.05) is 13.2 Å². The number of esters is 2. The fraction of sp³-hybridized carbons (Fsp3) is 0.190. The van der Waals surface area contributed by atoms with Gasteiger partial charge in [0, 0.05) is 15.4 Å². The molecule has 156 valence electrons. The minimum absolute atomic E-state index is 0.176. The monoisotopic (exact) mass is 490 g/mol. The minimum Gasteiger partial charge on any atom is -0.463 e. The highest BCUT2D eigenvalue weighted by atomic mass is 79.9. The summed E-state index contributed by atoms with van der Waals surface area (Å²) >= 11 is 4.76. The Hall–Kier alpha value is -2.91. The summed E-state index contributed by atoms with van der Waals surface area (Å²) in [5, 5.41) is 7.13. The van der Waals surface area contributed by atoms with E-state index in [0.29, 0.717) is 0 Å². The molecule has 1 aliphatic heterocycles. The second-order valence-corrected chi connectivity index (χ2v) is 8.05. The average Bonchev–Trinajstić information content (AvgIpc) is 3.25. The second kappa shape index (κ2) is 10.2. The number of carbonyl (C=O) groups excluding carboxylic acids is 3. The molecule has 1 unspecified atom stereocenters. The van der Waals surface area contributed by atoms with Crippen molar-refractivity contribution in [3.05, 3.63) is 74.0 Å². The number of amides is 2. The lowest BCUT2D eigenvalue weighted by molar-refractivity contribution is -0.140. The number of benzene rings is 1. The summed E-state index contributed by atoms with van der Waals surface area (Å²) in [5.74, 6) is -1.19. The van der Waals surface area contributed by atoms with E-state index in [1.807, 2.05) is 41.8 Å². The van der Waals surface area contributed by atoms with Crippen LogP contribution in [0.5, 0.6) is 0 Å². The van der Waals surface area contributed by atoms with E-state index in [0.717, 1.165) is 14.9 Å². The van der Waals surface area contributed by atoms with Crippen molar-refractivity contribution >= 4 is 51.3 Å². The van der Waals surface area contributed by atoms with Crippen LogP contribution in [-0.4, -0.2) is 31.2 Å². The average molecular weight is 491 g/mol. The number of hydrogen-bond donors (Lipinski definition) is 2. The topological polar surface area (TPSA) is 93.7 Å². The standard InChI is InChI=1S/C21H19BrN2O5S/c1-2-28-20(26)18-15(23-21(27)24-19(18)16-7-4-10-30-16)12-29-17(25)9-8-13-5-3-6-14(22)11-13/h3-11,19H,2,12H2,1H3,(H2,23,24,27)/b9-8+. The molecule has 3 rings (SSSR count). The predicted octanol–water partition coefficient (Wildman–Crippen LogP) is 3.94. The fourth-order valence-electron chi connectivity index (χ4n) is 2.82. The maximum Gasteiger partial charge on any atom is 0.338 e. The second-order valence-electron chi connectivity index (χ2n) is 6.16. The van der Waals surface area contributed by atoms with Crippen molar-refractivity contribution in [1.82, 2.24) is 10.6 Å². The van der Waals surface area contributed by atoms with Crippen LogP contribution in [0.1, 0.15) is 23.4 Å². The molecule has 7 nitrogen and oxygen atoms in total. The normalized spacial score (nSPS) is 16.2. The highest BCUT2D eigenvalue weighted by Gasteiger charge is 2.34. The molecule has 1 aromatic heterocycles. The van der Waals surface area contributed by atoms with Crippen molar-refractivity contribution in [1.29, 1.82) is 0 Å². The third-order valence-corrected chi connectivity index (χ3v) is 5.53. The zero-order valence-corrected chi connectivity index (χ0v) is 18.4. The van der Waals surface area contributed by atoms with Crippen molar-refractivity contribution in [3.8, 4) is 0 Å². The smallest absolute Gasteiger partial charge is 0.338 e. The molecule has 1 aromatic carbocycles. The van der Waals surface area contributed by atoms with Crippen LogP contribution < -0.4 is 10.6 Å². The number of halogens is 1. The van der Waals surface area contributed by atoms with Crippen LogP contribution >= 0.6 is 27.3 Å². The van der Waals surface area contributed by atoms with Gasteiger partial charge < -0.3 is 20.1 Å². The van der Waals surface area contributed by atoms with Crippen molar-refractivity contribution in [3.63, 3.8) is 0 Å². The van der Waals surface area contributed by atoms with Crippen LogP contribution in [0.3, 0.4) is 0 Å². The lowest BCUT2D eigenvalue weighted by Crippen LogP contribution is -2.46. The Balaban J connectivity index is 1.79. The molecule has 9 heteroatoms. The first kappa shape index (κ1) is 21.8. The minimum atomic E-state index is -0.677. The molecule has 2 N–H and O–H groups in total. The summed E-state index contributed by atoms with van der Waals surface area (Å²) < 4.78 is 11.3. The van der Waals surface area contributed by atoms with Crippen LogP contribution in [0.25, 0.3) is 6.08 Å². The van der Waals surface area contributed by atoms with E-state index >= 15 is 0 Å². The largest absolute Gasteiger partial charge is 0.463 e. The first-order chi connectivity index (χ1) is 14.5. The number of hydrogen-bond acceptors (Lipinski definition) is 6. The molecule has 0 fully saturated rings. The third kappa shape index (κ3) is 5.58. The molecule has 2 amide bonds. The van der Waals surface area contributed by atoms with E-state index in [1.165, 1.54) is 17.4 Å². The van der Waals surface area contributed by atoms with E-state index in [2.05, 4.69) is 26.6 Å². The summed E-state index contributed by atoms with van der Waals surface area (Å²) in [7, 11) is 0. The lowest BCUT2D eigenvalue weighted by atomic mass is 10.0. The lowest BCUT2D eigenvalue weighted by Gasteiger charge is -2.28. The van der Waals surface area contributed by atoms with Crippen LogP contribution in [0, 0.1) is 0 Å². The van der Waals surface area contributed by atoms with E-state index < -0.39 is 24.0 Å². The molecule has 0 saturated heterocycles. The van der Waals surface area contributed by atoms with Crippen molar-refractivity contribution < 1.29 is 23.9 Å². The number of nitrogens with one attached hydrogen (secondary N) is 2. The Labute approximate surface area is 185 Å². The van der Waals surface area contributed by atoms with Gasteiger partial charge in [-0.3, -0.25) is 0 Å². The Bertz CT molecular complexity index is 1000. The molecule has 1 atom stereocenters. The number of rotatable bonds is 7. The van der Waals surface area contributed by atoms with E-state index in [4.69, 9.17) is 9.47 Å². The third-order valence-electron chi connectivity index (χ3n) is 4.10. The van der Waals surface area contributed by atoms with Gasteiger partial charge in [-0.1, -0.05) is 34.1 Å². The first-order valence-electron chi connectivity index (χ1n) is 9.09. The molecule has 1 aliphatic rings. The molecule has 2 aromatic rings. The van der Waals surface area contributed by atoms with Gasteiger partial charge in [0.25, 0.3) is 0 Å². The number of thiophene rings is 1. The molecule has 2 heterocycles. The molecular formula is C21H19BrN2O5S. The SMILES string of the molecule is CCOC(=O)C1=C(COC(=O)/C=C/c2cccc(Br)c2)NC(=O)NC1c1cccs1. The summed E-state index contributed by atoms with van der Waals surface area (Å²) in [4.78, 5) is 37.6. The maximum atomic E-state index is 12.6. The summed E-state index contributed by atoms with van der Waals surface area (Å²) in [6.45, 7) is 1.60. The fourth-order valence-corrected chi connectivity index (χ4v) is 4.02. The number of ether oxygens (including phenoxy) is 2. The molecule has 0 bridgehead atoms. The molecule has 0 spiro atoms. The van der Waals surface area contributed by atoms with E-state index in [1.54, 1.807) is 13.0 Å². The Morgan fingerprint density at radius 2 is 2.07 bits per heavy atom. The Kier molecular flexibility index (Phi) is 7.42. The maximum absolute atomic E-state index is 12.6. The predicted molar refractivity (Wildman–Crippen MR) is 117 cm³/mol. The van der Waals surface area contributed by atoms with E-state index in [-0.39, 0.29) is 24.5 Å². The van der Waals surface area contributed by atoms with E-state index in [9.17, 15) is 14.4 Å². The van der Waals surface area contributed by atoms with Crippen molar-refractivity contribution in [2.45, 2.75) is 13.0 Å². The van der Waals surface area contributed by atoms with Gasteiger partial charge in [0.2, 0.25) is 0 Å². The Morgan fingerprint density at radius 1 is 1.23 bits per heavy atom. The molecular weight excluding hydrogens is 472 g/mol. The molecule has 30 heavy (non-hydrogen) atoms. The van der Waals surface area contributed by atoms with Gasteiger partial charge in [-0.2, -0.15) is 0 Å². The Morgan fingerprint density at radius 3 is 2.77 bits per heavy atom.